The van der Waals surface area contributed by atoms with Crippen LogP contribution in [0.3, 0.4) is 0 Å². The first-order valence-electron chi connectivity index (χ1n) is 6.25. The molecule has 0 heterocycles. The van der Waals surface area contributed by atoms with Crippen molar-refractivity contribution in [1.29, 1.82) is 0 Å². The number of hydrogen-bond acceptors (Lipinski definition) is 2. The molecule has 1 rings (SSSR count). The largest absolute Gasteiger partial charge is 0.416 e. The van der Waals surface area contributed by atoms with Crippen LogP contribution < -0.4 is 5.32 Å². The number of thiocarbonyl (C=S) groups is 1. The van der Waals surface area contributed by atoms with E-state index in [4.69, 9.17) is 0 Å². The molecule has 0 unspecified atom stereocenters. The molecule has 0 aliphatic carbocycles. The fourth-order valence-electron chi connectivity index (χ4n) is 1.54. The maximum absolute atomic E-state index is 12.7. The molecular formula is C13H11F6NOS3. The standard InChI is InChI=1S/C13H11F6NOS3/c14-12(15,16)8-5-9(13(17,18)19)7-10(6-8)24(21)4-2-1-3-20-11(22)23/h2,4-7H,1,3H2,(H2,20,22,23)/b4-2+/t24-/m1/s1. The van der Waals surface area contributed by atoms with Crippen LogP contribution in [0.25, 0.3) is 0 Å². The highest BCUT2D eigenvalue weighted by Gasteiger charge is 2.37. The molecule has 0 fully saturated rings. The maximum Gasteiger partial charge on any atom is 0.416 e. The monoisotopic (exact) mass is 407 g/mol. The number of thiol groups is 1. The second-order valence-corrected chi connectivity index (χ2v) is 6.93. The Morgan fingerprint density at radius 2 is 1.62 bits per heavy atom. The summed E-state index contributed by atoms with van der Waals surface area (Å²) in [7, 11) is -2.15. The lowest BCUT2D eigenvalue weighted by Crippen LogP contribution is -2.16. The van der Waals surface area contributed by atoms with Gasteiger partial charge < -0.3 is 5.32 Å². The van der Waals surface area contributed by atoms with Crippen LogP contribution in [0.1, 0.15) is 17.5 Å². The Hall–Kier alpha value is -1.07. The average Bonchev–Trinajstić information content (AvgIpc) is 2.44. The Kier molecular flexibility index (Phi) is 7.29. The van der Waals surface area contributed by atoms with Gasteiger partial charge in [-0.1, -0.05) is 18.3 Å². The zero-order valence-corrected chi connectivity index (χ0v) is 14.3. The van der Waals surface area contributed by atoms with Crippen LogP contribution in [0.15, 0.2) is 34.6 Å². The molecule has 24 heavy (non-hydrogen) atoms. The average molecular weight is 407 g/mol. The molecule has 0 aliphatic heterocycles. The van der Waals surface area contributed by atoms with Crippen LogP contribution in [0, 0.1) is 0 Å². The Bertz CT molecular complexity index is 622. The van der Waals surface area contributed by atoms with Crippen LogP contribution >= 0.6 is 24.8 Å². The lowest BCUT2D eigenvalue weighted by Gasteiger charge is -2.13. The van der Waals surface area contributed by atoms with Crippen molar-refractivity contribution in [3.8, 4) is 0 Å². The van der Waals surface area contributed by atoms with Crippen molar-refractivity contribution in [2.75, 3.05) is 6.54 Å². The first kappa shape index (κ1) is 21.0. The van der Waals surface area contributed by atoms with Gasteiger partial charge in [-0.2, -0.15) is 26.3 Å². The number of halogens is 6. The number of hydrogen-bond donors (Lipinski definition) is 2. The Morgan fingerprint density at radius 3 is 2.04 bits per heavy atom. The molecule has 0 bridgehead atoms. The molecule has 1 aromatic carbocycles. The molecular weight excluding hydrogens is 396 g/mol. The lowest BCUT2D eigenvalue weighted by atomic mass is 10.1. The van der Waals surface area contributed by atoms with E-state index in [0.29, 0.717) is 25.1 Å². The highest BCUT2D eigenvalue weighted by molar-refractivity contribution is 8.11. The second kappa shape index (κ2) is 8.34. The van der Waals surface area contributed by atoms with Crippen LogP contribution in [0.5, 0.6) is 0 Å². The van der Waals surface area contributed by atoms with Gasteiger partial charge in [-0.25, -0.2) is 4.21 Å². The molecule has 1 N–H and O–H groups in total. The summed E-state index contributed by atoms with van der Waals surface area (Å²) in [6.45, 7) is 0.340. The van der Waals surface area contributed by atoms with Crippen molar-refractivity contribution in [3.05, 3.63) is 40.8 Å². The molecule has 134 valence electrons. The minimum absolute atomic E-state index is 0.0119. The minimum Gasteiger partial charge on any atom is -0.371 e. The van der Waals surface area contributed by atoms with Crippen LogP contribution in [-0.4, -0.2) is 15.1 Å². The smallest absolute Gasteiger partial charge is 0.371 e. The molecule has 11 heteroatoms. The number of rotatable bonds is 5. The van der Waals surface area contributed by atoms with Gasteiger partial charge in [0.2, 0.25) is 0 Å². The summed E-state index contributed by atoms with van der Waals surface area (Å²) in [5, 5.41) is 3.69. The second-order valence-electron chi connectivity index (χ2n) is 4.43. The lowest BCUT2D eigenvalue weighted by molar-refractivity contribution is -0.143. The van der Waals surface area contributed by atoms with Gasteiger partial charge >= 0.3 is 12.4 Å². The van der Waals surface area contributed by atoms with Crippen molar-refractivity contribution in [2.24, 2.45) is 0 Å². The van der Waals surface area contributed by atoms with Crippen molar-refractivity contribution >= 4 is 40.0 Å². The van der Waals surface area contributed by atoms with E-state index in [1.165, 1.54) is 6.08 Å². The molecule has 0 saturated carbocycles. The van der Waals surface area contributed by atoms with Crippen molar-refractivity contribution in [2.45, 2.75) is 23.7 Å². The third-order valence-corrected chi connectivity index (χ3v) is 4.04. The number of alkyl halides is 6. The van der Waals surface area contributed by atoms with Crippen LogP contribution in [0.4, 0.5) is 26.3 Å². The third kappa shape index (κ3) is 6.81. The van der Waals surface area contributed by atoms with E-state index in [1.807, 2.05) is 0 Å². The van der Waals surface area contributed by atoms with E-state index in [9.17, 15) is 30.6 Å². The predicted octanol–water partition coefficient (Wildman–Crippen LogP) is 4.54. The first-order chi connectivity index (χ1) is 10.9. The van der Waals surface area contributed by atoms with Gasteiger partial charge in [0.15, 0.2) is 0 Å². The SMILES string of the molecule is O=[S@](/C=C/CCNC(=S)S)c1cc(C(F)(F)F)cc(C(F)(F)F)c1. The van der Waals surface area contributed by atoms with Gasteiger partial charge in [-0.3, -0.25) is 0 Å². The minimum atomic E-state index is -4.98. The van der Waals surface area contributed by atoms with Gasteiger partial charge in [0, 0.05) is 16.8 Å². The summed E-state index contributed by atoms with van der Waals surface area (Å²) < 4.78 is 88.5. The van der Waals surface area contributed by atoms with Gasteiger partial charge in [-0.15, -0.1) is 12.6 Å². The van der Waals surface area contributed by atoms with Gasteiger partial charge in [0.05, 0.1) is 21.9 Å². The maximum atomic E-state index is 12.7. The molecule has 0 radical (unpaired) electrons. The van der Waals surface area contributed by atoms with Gasteiger partial charge in [0.1, 0.15) is 4.32 Å². The quantitative estimate of drug-likeness (QED) is 0.325. The summed E-state index contributed by atoms with van der Waals surface area (Å²) in [6, 6.07) is 0.871. The molecule has 2 nitrogen and oxygen atoms in total. The van der Waals surface area contributed by atoms with Gasteiger partial charge in [0.25, 0.3) is 0 Å². The molecule has 0 spiro atoms. The highest BCUT2D eigenvalue weighted by Crippen LogP contribution is 2.37. The van der Waals surface area contributed by atoms with Crippen LogP contribution in [-0.2, 0) is 23.2 Å². The number of benzene rings is 1. The van der Waals surface area contributed by atoms with E-state index in [-0.39, 0.29) is 10.4 Å². The topological polar surface area (TPSA) is 29.1 Å². The zero-order chi connectivity index (χ0) is 18.5. The summed E-state index contributed by atoms with van der Waals surface area (Å²) in [6.07, 6.45) is -8.27. The molecule has 0 saturated heterocycles. The molecule has 1 aromatic rings. The summed E-state index contributed by atoms with van der Waals surface area (Å²) in [5.74, 6) is 0. The third-order valence-electron chi connectivity index (χ3n) is 2.60. The van der Waals surface area contributed by atoms with E-state index >= 15 is 0 Å². The fraction of sp³-hybridized carbons (Fsp3) is 0.308. The van der Waals surface area contributed by atoms with Crippen LogP contribution in [0.2, 0.25) is 0 Å². The summed E-state index contributed by atoms with van der Waals surface area (Å²) in [5.41, 5.74) is -3.01. The Labute approximate surface area is 147 Å². The predicted molar refractivity (Wildman–Crippen MR) is 86.2 cm³/mol. The van der Waals surface area contributed by atoms with Crippen molar-refractivity contribution in [3.63, 3.8) is 0 Å². The zero-order valence-electron chi connectivity index (χ0n) is 11.7. The molecule has 0 aliphatic rings. The van der Waals surface area contributed by atoms with E-state index in [1.54, 1.807) is 0 Å². The number of nitrogens with one attached hydrogen (secondary N) is 1. The first-order valence-corrected chi connectivity index (χ1v) is 8.31. The Morgan fingerprint density at radius 1 is 1.12 bits per heavy atom. The molecule has 1 atom stereocenters. The van der Waals surface area contributed by atoms with Crippen molar-refractivity contribution in [1.82, 2.24) is 5.32 Å². The summed E-state index contributed by atoms with van der Waals surface area (Å²) >= 11 is 8.43. The normalized spacial score (nSPS) is 14.0. The molecule has 0 aromatic heterocycles. The van der Waals surface area contributed by atoms with E-state index < -0.39 is 39.2 Å². The molecule has 0 amide bonds. The summed E-state index contributed by atoms with van der Waals surface area (Å²) in [4.78, 5) is -0.578. The van der Waals surface area contributed by atoms with E-state index in [0.717, 1.165) is 5.41 Å². The van der Waals surface area contributed by atoms with E-state index in [2.05, 4.69) is 30.2 Å². The fourth-order valence-corrected chi connectivity index (χ4v) is 2.71. The van der Waals surface area contributed by atoms with Gasteiger partial charge in [-0.05, 0) is 24.6 Å². The van der Waals surface area contributed by atoms with Crippen molar-refractivity contribution < 1.29 is 30.6 Å². The highest BCUT2D eigenvalue weighted by atomic mass is 32.2. The Balaban J connectivity index is 3.03.